The highest BCUT2D eigenvalue weighted by molar-refractivity contribution is 9.39. The summed E-state index contributed by atoms with van der Waals surface area (Å²) in [6.07, 6.45) is 3.56. The van der Waals surface area contributed by atoms with Crippen LogP contribution in [0.15, 0.2) is 30.3 Å². The highest BCUT2D eigenvalue weighted by Crippen LogP contribution is 2.27. The van der Waals surface area contributed by atoms with Crippen LogP contribution in [-0.2, 0) is 0 Å². The number of benzene rings is 1. The molecule has 0 aliphatic rings. The molecule has 0 spiro atoms. The molecule has 1 rings (SSSR count). The normalized spacial score (nSPS) is 11.0. The van der Waals surface area contributed by atoms with Gasteiger partial charge in [-0.15, -0.1) is 0 Å². The largest absolute Gasteiger partial charge is 0.218 e. The van der Waals surface area contributed by atoms with Crippen molar-refractivity contribution in [3.8, 4) is 0 Å². The highest BCUT2D eigenvalue weighted by atomic mass is 79.9. The Labute approximate surface area is 64.0 Å². The third-order valence-electron chi connectivity index (χ3n) is 1.04. The van der Waals surface area contributed by atoms with Gasteiger partial charge in [-0.2, -0.15) is 0 Å². The lowest BCUT2D eigenvalue weighted by molar-refractivity contribution is 1.78. The maximum Gasteiger partial charge on any atom is 0.218 e. The van der Waals surface area contributed by atoms with Gasteiger partial charge in [0.05, 0.1) is 6.30 Å². The third kappa shape index (κ3) is 1.92. The molecule has 0 fully saturated rings. The van der Waals surface area contributed by atoms with Gasteiger partial charge in [0.1, 0.15) is 0 Å². The Hall–Kier alpha value is -0.130. The highest BCUT2D eigenvalue weighted by Gasteiger charge is 2.02. The lowest BCUT2D eigenvalue weighted by atomic mass is 10.4. The summed E-state index contributed by atoms with van der Waals surface area (Å²) in [6.45, 7) is 0. The minimum absolute atomic E-state index is 0.333. The summed E-state index contributed by atoms with van der Waals surface area (Å²) in [7, 11) is 0. The smallest absolute Gasteiger partial charge is 0.0619 e. The molecule has 1 atom stereocenters. The van der Waals surface area contributed by atoms with E-state index in [9.17, 15) is 0 Å². The van der Waals surface area contributed by atoms with Crippen molar-refractivity contribution in [2.45, 2.75) is 0 Å². The van der Waals surface area contributed by atoms with Crippen molar-refractivity contribution in [2.24, 2.45) is 0 Å². The molecule has 1 aromatic carbocycles. The zero-order chi connectivity index (χ0) is 6.69. The van der Waals surface area contributed by atoms with Gasteiger partial charge in [-0.1, -0.05) is 18.2 Å². The number of hydrogen-bond donors (Lipinski definition) is 0. The first-order valence-electron chi connectivity index (χ1n) is 2.62. The van der Waals surface area contributed by atoms with Gasteiger partial charge in [0.25, 0.3) is 0 Å². The predicted molar refractivity (Wildman–Crippen MR) is 49.0 cm³/mol. The zero-order valence-electron chi connectivity index (χ0n) is 4.92. The van der Waals surface area contributed by atoms with E-state index in [0.717, 1.165) is 0 Å². The Balaban J connectivity index is 2.98. The molecule has 0 aromatic heterocycles. The molecular weight excluding hydrogens is 195 g/mol. The summed E-state index contributed by atoms with van der Waals surface area (Å²) in [5, 5.41) is 1.28. The minimum Gasteiger partial charge on any atom is -0.0619 e. The van der Waals surface area contributed by atoms with Crippen LogP contribution in [0.2, 0.25) is 0 Å². The van der Waals surface area contributed by atoms with Gasteiger partial charge in [0.15, 0.2) is 5.30 Å². The molecule has 46 valence electrons. The van der Waals surface area contributed by atoms with E-state index in [1.165, 1.54) is 5.30 Å². The Kier molecular flexibility index (Phi) is 2.44. The molecule has 1 aromatic rings. The first-order valence-corrected chi connectivity index (χ1v) is 6.17. The van der Waals surface area contributed by atoms with E-state index in [1.807, 2.05) is 18.2 Å². The lowest BCUT2D eigenvalue weighted by Gasteiger charge is -1.81. The average Bonchev–Trinajstić information content (AvgIpc) is 1.90. The predicted octanol–water partition coefficient (Wildman–Crippen LogP) is 2.54. The van der Waals surface area contributed by atoms with Crippen molar-refractivity contribution >= 4 is 33.3 Å². The van der Waals surface area contributed by atoms with E-state index in [4.69, 9.17) is 0 Å². The van der Waals surface area contributed by atoms with E-state index in [2.05, 4.69) is 33.9 Å². The van der Waals surface area contributed by atoms with Crippen molar-refractivity contribution in [1.29, 1.82) is 0 Å². The van der Waals surface area contributed by atoms with Crippen molar-refractivity contribution in [3.05, 3.63) is 30.3 Å². The fraction of sp³-hybridized carbons (Fsp3) is 0. The van der Waals surface area contributed by atoms with Gasteiger partial charge >= 0.3 is 0 Å². The Morgan fingerprint density at radius 1 is 1.22 bits per heavy atom. The summed E-state index contributed by atoms with van der Waals surface area (Å²) in [5.74, 6) is 0. The van der Waals surface area contributed by atoms with E-state index in [0.29, 0.717) is 0 Å². The van der Waals surface area contributed by atoms with Crippen LogP contribution in [-0.4, -0.2) is 6.30 Å². The molecule has 9 heavy (non-hydrogen) atoms. The zero-order valence-corrected chi connectivity index (χ0v) is 7.40. The van der Waals surface area contributed by atoms with Gasteiger partial charge in [0.2, 0.25) is 21.7 Å². The second-order valence-electron chi connectivity index (χ2n) is 1.70. The van der Waals surface area contributed by atoms with Gasteiger partial charge in [-0.05, 0) is 12.1 Å². The van der Waals surface area contributed by atoms with E-state index >= 15 is 0 Å². The fourth-order valence-corrected chi connectivity index (χ4v) is 1.79. The number of rotatable bonds is 1. The molecule has 0 aliphatic heterocycles. The fourth-order valence-electron chi connectivity index (χ4n) is 0.590. The summed E-state index contributed by atoms with van der Waals surface area (Å²) in [5.41, 5.74) is 0. The van der Waals surface area contributed by atoms with Gasteiger partial charge < -0.3 is 0 Å². The van der Waals surface area contributed by atoms with Crippen LogP contribution in [0.25, 0.3) is 0 Å². The van der Waals surface area contributed by atoms with Crippen LogP contribution in [0.5, 0.6) is 0 Å². The summed E-state index contributed by atoms with van der Waals surface area (Å²) in [6, 6.07) is 10.2. The molecule has 0 saturated carbocycles. The molecule has 0 saturated heterocycles. The first-order chi connectivity index (χ1) is 4.30. The van der Waals surface area contributed by atoms with Gasteiger partial charge in [-0.25, -0.2) is 0 Å². The van der Waals surface area contributed by atoms with E-state index < -0.39 is 0 Å². The molecule has 0 nitrogen and oxygen atoms in total. The molecular formula is C7H7BrP+. The van der Waals surface area contributed by atoms with Crippen LogP contribution in [0.1, 0.15) is 0 Å². The molecule has 0 aliphatic carbocycles. The second kappa shape index (κ2) is 3.14. The molecule has 1 unspecified atom stereocenters. The summed E-state index contributed by atoms with van der Waals surface area (Å²) in [4.78, 5) is 0. The first kappa shape index (κ1) is 6.98. The van der Waals surface area contributed by atoms with E-state index in [1.54, 1.807) is 0 Å². The molecule has 0 N–H and O–H groups in total. The Morgan fingerprint density at radius 3 is 2.11 bits per heavy atom. The summed E-state index contributed by atoms with van der Waals surface area (Å²) < 4.78 is 0. The van der Waals surface area contributed by atoms with Crippen LogP contribution in [0.4, 0.5) is 0 Å². The van der Waals surface area contributed by atoms with Crippen LogP contribution < -0.4 is 5.30 Å². The van der Waals surface area contributed by atoms with Crippen LogP contribution >= 0.6 is 21.7 Å². The monoisotopic (exact) mass is 201 g/mol. The third-order valence-corrected chi connectivity index (χ3v) is 3.12. The van der Waals surface area contributed by atoms with Crippen molar-refractivity contribution < 1.29 is 0 Å². The average molecular weight is 202 g/mol. The van der Waals surface area contributed by atoms with Crippen molar-refractivity contribution in [3.63, 3.8) is 0 Å². The standard InChI is InChI=1S/C7H7BrP/c1-9(8)7-5-3-2-4-6-7/h2-6H,1H2/q+1. The number of halogens is 1. The topological polar surface area (TPSA) is 0 Å². The molecule has 0 heterocycles. The molecule has 0 bridgehead atoms. The summed E-state index contributed by atoms with van der Waals surface area (Å²) >= 11 is 3.44. The quantitative estimate of drug-likeness (QED) is 0.613. The SMILES string of the molecule is C=[P+](Br)c1ccccc1. The molecule has 0 amide bonds. The van der Waals surface area contributed by atoms with Gasteiger partial charge in [0, 0.05) is 0 Å². The minimum atomic E-state index is -0.333. The van der Waals surface area contributed by atoms with Crippen LogP contribution in [0.3, 0.4) is 0 Å². The van der Waals surface area contributed by atoms with E-state index in [-0.39, 0.29) is 6.25 Å². The lowest BCUT2D eigenvalue weighted by Crippen LogP contribution is -1.88. The maximum atomic E-state index is 3.89. The van der Waals surface area contributed by atoms with Crippen molar-refractivity contribution in [1.82, 2.24) is 0 Å². The van der Waals surface area contributed by atoms with Crippen LogP contribution in [0, 0.1) is 0 Å². The molecule has 2 heteroatoms. The molecule has 0 radical (unpaired) electrons. The Bertz CT molecular complexity index is 205. The Morgan fingerprint density at radius 2 is 1.78 bits per heavy atom. The van der Waals surface area contributed by atoms with Crippen molar-refractivity contribution in [2.75, 3.05) is 0 Å². The maximum absolute atomic E-state index is 3.89. The van der Waals surface area contributed by atoms with Gasteiger partial charge in [-0.3, -0.25) is 0 Å². The number of hydrogen-bond acceptors (Lipinski definition) is 0. The second-order valence-corrected chi connectivity index (χ2v) is 5.51.